The van der Waals surface area contributed by atoms with Crippen LogP contribution in [0.1, 0.15) is 50.4 Å². The molecule has 0 aliphatic carbocycles. The van der Waals surface area contributed by atoms with Crippen molar-refractivity contribution in [3.63, 3.8) is 0 Å². The van der Waals surface area contributed by atoms with E-state index in [0.717, 1.165) is 5.56 Å². The second-order valence-corrected chi connectivity index (χ2v) is 5.88. The van der Waals surface area contributed by atoms with E-state index in [1.54, 1.807) is 13.8 Å². The molecule has 1 aromatic rings. The van der Waals surface area contributed by atoms with E-state index in [4.69, 9.17) is 10.2 Å². The predicted molar refractivity (Wildman–Crippen MR) is 73.7 cm³/mol. The van der Waals surface area contributed by atoms with E-state index in [2.05, 4.69) is 20.8 Å². The third-order valence-corrected chi connectivity index (χ3v) is 3.24. The number of carboxylic acids is 2. The molecule has 0 aliphatic heterocycles. The Morgan fingerprint density at radius 3 is 1.65 bits per heavy atom. The maximum atomic E-state index is 11.1. The number of carboxylic acid groups (broad SMARTS) is 2. The van der Waals surface area contributed by atoms with Gasteiger partial charge in [0, 0.05) is 0 Å². The summed E-state index contributed by atoms with van der Waals surface area (Å²) in [5.74, 6) is -4.17. The Labute approximate surface area is 132 Å². The first-order valence-electron chi connectivity index (χ1n) is 6.13. The van der Waals surface area contributed by atoms with Crippen molar-refractivity contribution in [2.24, 2.45) is 0 Å². The molecule has 0 fully saturated rings. The Morgan fingerprint density at radius 1 is 1.05 bits per heavy atom. The molecule has 20 heavy (non-hydrogen) atoms. The van der Waals surface area contributed by atoms with Crippen LogP contribution in [-0.2, 0) is 15.0 Å². The number of carbonyl (C=O) groups is 2. The van der Waals surface area contributed by atoms with Crippen molar-refractivity contribution in [3.8, 4) is 0 Å². The second kappa shape index (κ2) is 6.47. The van der Waals surface area contributed by atoms with E-state index < -0.39 is 17.9 Å². The van der Waals surface area contributed by atoms with Crippen LogP contribution < -0.4 is 18.9 Å². The van der Waals surface area contributed by atoms with Gasteiger partial charge in [0.1, 0.15) is 0 Å². The Morgan fingerprint density at radius 2 is 1.40 bits per heavy atom. The van der Waals surface area contributed by atoms with Crippen molar-refractivity contribution in [2.75, 3.05) is 0 Å². The molecule has 2 N–H and O–H groups in total. The van der Waals surface area contributed by atoms with Gasteiger partial charge in [-0.3, -0.25) is 9.59 Å². The van der Waals surface area contributed by atoms with Crippen LogP contribution in [0.4, 0.5) is 0 Å². The van der Waals surface area contributed by atoms with Crippen LogP contribution in [0.25, 0.3) is 0 Å². The molecular weight excluding hydrogens is 251 g/mol. The van der Waals surface area contributed by atoms with Crippen molar-refractivity contribution in [1.29, 1.82) is 0 Å². The summed E-state index contributed by atoms with van der Waals surface area (Å²) in [6.07, 6.45) is 0. The van der Waals surface area contributed by atoms with Gasteiger partial charge in [0.2, 0.25) is 0 Å². The van der Waals surface area contributed by atoms with Gasteiger partial charge in [-0.25, -0.2) is 0 Å². The second-order valence-electron chi connectivity index (χ2n) is 5.88. The predicted octanol–water partition coefficient (Wildman–Crippen LogP) is -0.0298. The fraction of sp³-hybridized carbons (Fsp3) is 0.467. The quantitative estimate of drug-likeness (QED) is 0.598. The van der Waals surface area contributed by atoms with Crippen molar-refractivity contribution in [2.45, 2.75) is 46.0 Å². The fourth-order valence-electron chi connectivity index (χ4n) is 2.22. The maximum Gasteiger partial charge on any atom is 1.00 e. The van der Waals surface area contributed by atoms with Gasteiger partial charge in [0.15, 0.2) is 5.92 Å². The third-order valence-electron chi connectivity index (χ3n) is 3.24. The number of benzene rings is 1. The molecule has 0 aliphatic rings. The summed E-state index contributed by atoms with van der Waals surface area (Å²) in [5, 5.41) is 18.2. The van der Waals surface area contributed by atoms with E-state index in [-0.39, 0.29) is 25.7 Å². The van der Waals surface area contributed by atoms with Gasteiger partial charge in [-0.05, 0) is 41.5 Å². The first-order valence-corrected chi connectivity index (χ1v) is 6.13. The van der Waals surface area contributed by atoms with Gasteiger partial charge < -0.3 is 11.6 Å². The molecule has 106 valence electrons. The van der Waals surface area contributed by atoms with Gasteiger partial charge in [-0.15, -0.1) is 0 Å². The number of aryl methyl sites for hydroxylation is 2. The van der Waals surface area contributed by atoms with Crippen LogP contribution in [0.2, 0.25) is 0 Å². The Bertz CT molecular complexity index is 498. The number of aliphatic carboxylic acids is 2. The SMILES string of the molecule is Cc1cc(C(C)(C)C)cc(C)c1C(C(=O)O)C(=O)O.[H-].[Li+]. The molecule has 0 atom stereocenters. The summed E-state index contributed by atoms with van der Waals surface area (Å²) < 4.78 is 0. The number of hydrogen-bond acceptors (Lipinski definition) is 2. The number of rotatable bonds is 3. The summed E-state index contributed by atoms with van der Waals surface area (Å²) >= 11 is 0. The van der Waals surface area contributed by atoms with Gasteiger partial charge >= 0.3 is 30.8 Å². The average molecular weight is 272 g/mol. The largest absolute Gasteiger partial charge is 1.00 e. The van der Waals surface area contributed by atoms with E-state index in [1.807, 2.05) is 12.1 Å². The van der Waals surface area contributed by atoms with Crippen molar-refractivity contribution < 1.29 is 40.1 Å². The molecule has 0 saturated heterocycles. The van der Waals surface area contributed by atoms with Crippen molar-refractivity contribution in [3.05, 3.63) is 34.4 Å². The average Bonchev–Trinajstić information content (AvgIpc) is 2.20. The molecule has 4 nitrogen and oxygen atoms in total. The van der Waals surface area contributed by atoms with E-state index in [0.29, 0.717) is 16.7 Å². The molecule has 0 unspecified atom stereocenters. The maximum absolute atomic E-state index is 11.1. The van der Waals surface area contributed by atoms with E-state index >= 15 is 0 Å². The summed E-state index contributed by atoms with van der Waals surface area (Å²) in [5.41, 5.74) is 2.81. The molecule has 1 rings (SSSR count). The first kappa shape index (κ1) is 18.8. The summed E-state index contributed by atoms with van der Waals surface area (Å²) in [7, 11) is 0. The van der Waals surface area contributed by atoms with Crippen LogP contribution in [0.5, 0.6) is 0 Å². The van der Waals surface area contributed by atoms with Crippen LogP contribution in [0.3, 0.4) is 0 Å². The third kappa shape index (κ3) is 3.88. The minimum absolute atomic E-state index is 0. The van der Waals surface area contributed by atoms with Gasteiger partial charge in [-0.1, -0.05) is 32.9 Å². The molecule has 1 aromatic carbocycles. The molecule has 0 heterocycles. The topological polar surface area (TPSA) is 74.6 Å². The monoisotopic (exact) mass is 272 g/mol. The summed E-state index contributed by atoms with van der Waals surface area (Å²) in [6.45, 7) is 9.71. The van der Waals surface area contributed by atoms with Crippen molar-refractivity contribution >= 4 is 11.9 Å². The molecule has 0 amide bonds. The van der Waals surface area contributed by atoms with Crippen molar-refractivity contribution in [1.82, 2.24) is 0 Å². The Hall–Kier alpha value is -1.24. The fourth-order valence-corrected chi connectivity index (χ4v) is 2.22. The standard InChI is InChI=1S/C15H20O4.Li.H/c1-8-6-10(15(3,4)5)7-9(2)11(8)12(13(16)17)14(18)19;;/h6-7,12H,1-5H3,(H,16,17)(H,18,19);;/q;+1;-1. The Balaban J connectivity index is 0. The minimum atomic E-state index is -1.51. The van der Waals surface area contributed by atoms with Gasteiger partial charge in [0.05, 0.1) is 0 Å². The first-order chi connectivity index (χ1) is 8.55. The van der Waals surface area contributed by atoms with Crippen LogP contribution >= 0.6 is 0 Å². The summed E-state index contributed by atoms with van der Waals surface area (Å²) in [6, 6.07) is 3.75. The smallest absolute Gasteiger partial charge is 1.00 e. The normalized spacial score (nSPS) is 11.1. The molecule has 0 spiro atoms. The van der Waals surface area contributed by atoms with Gasteiger partial charge in [-0.2, -0.15) is 0 Å². The van der Waals surface area contributed by atoms with Gasteiger partial charge in [0.25, 0.3) is 0 Å². The Kier molecular flexibility index (Phi) is 6.07. The zero-order valence-corrected chi connectivity index (χ0v) is 12.9. The zero-order chi connectivity index (χ0) is 15.0. The summed E-state index contributed by atoms with van der Waals surface area (Å²) in [4.78, 5) is 22.3. The molecule has 0 aromatic heterocycles. The minimum Gasteiger partial charge on any atom is -1.00 e. The van der Waals surface area contributed by atoms with E-state index in [1.165, 1.54) is 0 Å². The molecular formula is C15H21LiO4. The van der Waals surface area contributed by atoms with E-state index in [9.17, 15) is 9.59 Å². The molecule has 0 saturated carbocycles. The molecule has 0 bridgehead atoms. The molecule has 0 radical (unpaired) electrons. The van der Waals surface area contributed by atoms with Crippen LogP contribution in [0, 0.1) is 13.8 Å². The number of hydrogen-bond donors (Lipinski definition) is 2. The van der Waals surface area contributed by atoms with Crippen LogP contribution in [-0.4, -0.2) is 22.2 Å². The van der Waals surface area contributed by atoms with Crippen LogP contribution in [0.15, 0.2) is 12.1 Å². The zero-order valence-electron chi connectivity index (χ0n) is 13.9. The molecule has 5 heteroatoms.